The summed E-state index contributed by atoms with van der Waals surface area (Å²) >= 11 is 0. The number of hydrogen-bond donors (Lipinski definition) is 0. The second-order valence-electron chi connectivity index (χ2n) is 5.11. The zero-order chi connectivity index (χ0) is 14.3. The molecule has 5 nitrogen and oxygen atoms in total. The van der Waals surface area contributed by atoms with Crippen molar-refractivity contribution in [3.8, 4) is 0 Å². The fraction of sp³-hybridized carbons (Fsp3) is 1.00. The van der Waals surface area contributed by atoms with Gasteiger partial charge in [-0.05, 0) is 6.04 Å². The minimum Gasteiger partial charge on any atom is -0.425 e. The van der Waals surface area contributed by atoms with E-state index < -0.39 is 49.3 Å². The van der Waals surface area contributed by atoms with Crippen LogP contribution in [-0.4, -0.2) is 49.3 Å². The van der Waals surface area contributed by atoms with Gasteiger partial charge in [-0.25, -0.2) is 0 Å². The van der Waals surface area contributed by atoms with E-state index in [1.54, 1.807) is 0 Å². The Balaban J connectivity index is 1.95. The highest BCUT2D eigenvalue weighted by atomic mass is 28.4. The van der Waals surface area contributed by atoms with Crippen LogP contribution in [0.25, 0.3) is 0 Å². The molecule has 0 atom stereocenters. The van der Waals surface area contributed by atoms with Crippen LogP contribution in [0.4, 0.5) is 0 Å². The summed E-state index contributed by atoms with van der Waals surface area (Å²) in [6, 6.07) is 1.13. The Morgan fingerprint density at radius 3 is 1.75 bits per heavy atom. The van der Waals surface area contributed by atoms with Crippen LogP contribution in [0.2, 0.25) is 6.04 Å². The number of unbranched alkanes of at least 4 members (excludes halogenated alkanes) is 7. The minimum atomic E-state index is -1.46. The van der Waals surface area contributed by atoms with Crippen LogP contribution < -0.4 is 0 Å². The fourth-order valence-corrected chi connectivity index (χ4v) is 12.9. The second-order valence-corrected chi connectivity index (χ2v) is 15.1. The summed E-state index contributed by atoms with van der Waals surface area (Å²) in [5.74, 6) is 0. The summed E-state index contributed by atoms with van der Waals surface area (Å²) in [5, 5.41) is 0. The third kappa shape index (κ3) is 11.5. The van der Waals surface area contributed by atoms with Crippen LogP contribution in [0.3, 0.4) is 0 Å². The van der Waals surface area contributed by atoms with E-state index in [1.165, 1.54) is 51.4 Å². The normalized spacial score (nSPS) is 26.6. The summed E-state index contributed by atoms with van der Waals surface area (Å²) in [7, 11) is -4.67. The maximum absolute atomic E-state index is 5.84. The lowest BCUT2D eigenvalue weighted by Crippen LogP contribution is -2.32. The van der Waals surface area contributed by atoms with E-state index in [9.17, 15) is 0 Å². The van der Waals surface area contributed by atoms with Crippen molar-refractivity contribution < 1.29 is 20.6 Å². The van der Waals surface area contributed by atoms with Gasteiger partial charge in [0, 0.05) is 0 Å². The van der Waals surface area contributed by atoms with E-state index in [-0.39, 0.29) is 0 Å². The maximum Gasteiger partial charge on any atom is 0.303 e. The first-order chi connectivity index (χ1) is 9.93. The van der Waals surface area contributed by atoms with Gasteiger partial charge in [0.05, 0.1) is 0 Å². The van der Waals surface area contributed by atoms with Crippen molar-refractivity contribution in [3.63, 3.8) is 0 Å². The molecule has 0 N–H and O–H groups in total. The average Bonchev–Trinajstić information content (AvgIpc) is 2.48. The number of rotatable bonds is 9. The molecule has 1 heterocycles. The van der Waals surface area contributed by atoms with Gasteiger partial charge < -0.3 is 20.6 Å². The fourth-order valence-electron chi connectivity index (χ4n) is 2.13. The molecule has 1 rings (SSSR count). The molecule has 10 heteroatoms. The molecule has 0 spiro atoms. The molecule has 0 amide bonds. The summed E-state index contributed by atoms with van der Waals surface area (Å²) in [6.07, 6.45) is 10.8. The van der Waals surface area contributed by atoms with Crippen molar-refractivity contribution in [3.05, 3.63) is 0 Å². The van der Waals surface area contributed by atoms with Crippen molar-refractivity contribution >= 4 is 49.3 Å². The van der Waals surface area contributed by atoms with Gasteiger partial charge in [-0.1, -0.05) is 58.3 Å². The van der Waals surface area contributed by atoms with Crippen LogP contribution in [0.15, 0.2) is 0 Å². The SMILES string of the molecule is CCCCCCCCCC[SiH]1O[SiH2]O[SiH2]O[SiH2]O[SiH2]O1. The van der Waals surface area contributed by atoms with Crippen molar-refractivity contribution in [2.45, 2.75) is 64.3 Å². The minimum absolute atomic E-state index is 0.784. The van der Waals surface area contributed by atoms with Gasteiger partial charge in [-0.15, -0.1) is 0 Å². The molecule has 1 saturated heterocycles. The molecule has 0 aliphatic carbocycles. The first kappa shape index (κ1) is 18.9. The standard InChI is InChI=1S/C10H30O5Si5/c1-2-3-4-5-6-7-8-9-10-20-14-18-12-16-11-17-13-19-15-20/h20H,2-10,16-19H2,1H3. The van der Waals surface area contributed by atoms with Gasteiger partial charge in [-0.3, -0.25) is 0 Å². The Labute approximate surface area is 134 Å². The van der Waals surface area contributed by atoms with E-state index in [1.807, 2.05) is 0 Å². The van der Waals surface area contributed by atoms with E-state index >= 15 is 0 Å². The highest BCUT2D eigenvalue weighted by molar-refractivity contribution is 6.59. The van der Waals surface area contributed by atoms with Crippen LogP contribution in [0.5, 0.6) is 0 Å². The summed E-state index contributed by atoms with van der Waals surface area (Å²) in [4.78, 5) is 0. The Kier molecular flexibility index (Phi) is 14.0. The first-order valence-corrected chi connectivity index (χ1v) is 14.3. The zero-order valence-corrected chi connectivity index (χ0v) is 19.6. The third-order valence-corrected chi connectivity index (χ3v) is 12.2. The maximum atomic E-state index is 5.84. The van der Waals surface area contributed by atoms with Crippen LogP contribution >= 0.6 is 0 Å². The van der Waals surface area contributed by atoms with Crippen molar-refractivity contribution in [2.75, 3.05) is 0 Å². The lowest BCUT2D eigenvalue weighted by molar-refractivity contribution is 0.330. The molecule has 20 heavy (non-hydrogen) atoms. The van der Waals surface area contributed by atoms with Crippen molar-refractivity contribution in [2.24, 2.45) is 0 Å². The summed E-state index contributed by atoms with van der Waals surface area (Å²) in [6.45, 7) is 2.26. The molecule has 0 aromatic rings. The van der Waals surface area contributed by atoms with Crippen molar-refractivity contribution in [1.29, 1.82) is 0 Å². The molecule has 0 bridgehead atoms. The molecule has 1 fully saturated rings. The monoisotopic (exact) mass is 370 g/mol. The number of hydrogen-bond acceptors (Lipinski definition) is 5. The van der Waals surface area contributed by atoms with Crippen LogP contribution in [-0.2, 0) is 20.6 Å². The molecule has 1 aliphatic heterocycles. The van der Waals surface area contributed by atoms with E-state index in [0.29, 0.717) is 0 Å². The van der Waals surface area contributed by atoms with Gasteiger partial charge in [0.15, 0.2) is 0 Å². The lowest BCUT2D eigenvalue weighted by Gasteiger charge is -2.19. The predicted octanol–water partition coefficient (Wildman–Crippen LogP) is -0.561. The smallest absolute Gasteiger partial charge is 0.303 e. The average molecular weight is 371 g/mol. The van der Waals surface area contributed by atoms with Gasteiger partial charge in [0.1, 0.15) is 0 Å². The van der Waals surface area contributed by atoms with Gasteiger partial charge in [-0.2, -0.15) is 0 Å². The molecule has 0 saturated carbocycles. The largest absolute Gasteiger partial charge is 0.425 e. The Morgan fingerprint density at radius 2 is 1.15 bits per heavy atom. The molecule has 0 aromatic carbocycles. The Hall–Kier alpha value is 0.884. The topological polar surface area (TPSA) is 46.2 Å². The van der Waals surface area contributed by atoms with Crippen LogP contribution in [0.1, 0.15) is 58.3 Å². The Bertz CT molecular complexity index is 204. The van der Waals surface area contributed by atoms with Gasteiger partial charge in [0.2, 0.25) is 0 Å². The molecule has 0 unspecified atom stereocenters. The quantitative estimate of drug-likeness (QED) is 0.402. The second kappa shape index (κ2) is 14.8. The summed E-state index contributed by atoms with van der Waals surface area (Å²) < 4.78 is 28.0. The molecule has 1 aliphatic rings. The van der Waals surface area contributed by atoms with E-state index in [2.05, 4.69) is 6.92 Å². The highest BCUT2D eigenvalue weighted by Gasteiger charge is 2.14. The van der Waals surface area contributed by atoms with E-state index in [0.717, 1.165) is 6.04 Å². The van der Waals surface area contributed by atoms with Gasteiger partial charge >= 0.3 is 9.28 Å². The van der Waals surface area contributed by atoms with Crippen LogP contribution in [0, 0.1) is 0 Å². The summed E-state index contributed by atoms with van der Waals surface area (Å²) in [5.41, 5.74) is 0. The molecular formula is C10H30O5Si5. The Morgan fingerprint density at radius 1 is 0.650 bits per heavy atom. The van der Waals surface area contributed by atoms with E-state index in [4.69, 9.17) is 20.6 Å². The molecule has 120 valence electrons. The van der Waals surface area contributed by atoms with Gasteiger partial charge in [0.25, 0.3) is 40.0 Å². The highest BCUT2D eigenvalue weighted by Crippen LogP contribution is 2.11. The molecule has 0 radical (unpaired) electrons. The predicted molar refractivity (Wildman–Crippen MR) is 94.2 cm³/mol. The molecular weight excluding hydrogens is 341 g/mol. The third-order valence-electron chi connectivity index (χ3n) is 3.30. The van der Waals surface area contributed by atoms with Crippen molar-refractivity contribution in [1.82, 2.24) is 0 Å². The first-order valence-electron chi connectivity index (χ1n) is 7.90. The zero-order valence-electron chi connectivity index (χ0n) is 12.8. The lowest BCUT2D eigenvalue weighted by atomic mass is 10.1. The molecule has 0 aromatic heterocycles.